The van der Waals surface area contributed by atoms with Crippen LogP contribution in [0, 0.1) is 0 Å². The summed E-state index contributed by atoms with van der Waals surface area (Å²) in [6.07, 6.45) is 7.28. The number of nitrogens with two attached hydrogens (primary N) is 1. The van der Waals surface area contributed by atoms with Gasteiger partial charge in [-0.2, -0.15) is 0 Å². The maximum Gasteiger partial charge on any atom is 0.0300 e. The highest BCUT2D eigenvalue weighted by atomic mass is 15.1. The Morgan fingerprint density at radius 1 is 1.53 bits per heavy atom. The van der Waals surface area contributed by atoms with Gasteiger partial charge in [0.25, 0.3) is 0 Å². The number of nitrogens with zero attached hydrogens (tertiary/aromatic N) is 2. The second-order valence-corrected chi connectivity index (χ2v) is 4.31. The van der Waals surface area contributed by atoms with Gasteiger partial charge < -0.3 is 10.6 Å². The van der Waals surface area contributed by atoms with Crippen LogP contribution in [0.4, 0.5) is 0 Å². The minimum absolute atomic E-state index is 0.382. The molecular weight excluding hydrogens is 186 g/mol. The van der Waals surface area contributed by atoms with Crippen molar-refractivity contribution in [3.05, 3.63) is 30.1 Å². The molecule has 0 aromatic carbocycles. The van der Waals surface area contributed by atoms with E-state index in [1.54, 1.807) is 0 Å². The summed E-state index contributed by atoms with van der Waals surface area (Å²) < 4.78 is 0. The van der Waals surface area contributed by atoms with Gasteiger partial charge >= 0.3 is 0 Å². The highest BCUT2D eigenvalue weighted by Crippen LogP contribution is 2.09. The third kappa shape index (κ3) is 3.29. The van der Waals surface area contributed by atoms with Crippen molar-refractivity contribution in [1.29, 1.82) is 0 Å². The number of aromatic nitrogens is 1. The number of pyridine rings is 1. The molecule has 82 valence electrons. The molecule has 0 bridgehead atoms. The van der Waals surface area contributed by atoms with E-state index in [0.29, 0.717) is 6.04 Å². The zero-order valence-electron chi connectivity index (χ0n) is 9.10. The molecule has 1 aliphatic heterocycles. The van der Waals surface area contributed by atoms with Gasteiger partial charge in [0.05, 0.1) is 0 Å². The molecule has 1 aromatic rings. The number of piperidine rings is 1. The Morgan fingerprint density at radius 3 is 3.20 bits per heavy atom. The average molecular weight is 205 g/mol. The van der Waals surface area contributed by atoms with Crippen molar-refractivity contribution in [2.75, 3.05) is 19.6 Å². The largest absolute Gasteiger partial charge is 0.327 e. The summed E-state index contributed by atoms with van der Waals surface area (Å²) in [4.78, 5) is 6.58. The predicted molar refractivity (Wildman–Crippen MR) is 61.6 cm³/mol. The standard InChI is InChI=1S/C12H19N3/c13-12-4-2-7-15(10-12)8-5-11-3-1-6-14-9-11/h1,3,6,9,12H,2,4-5,7-8,10,13H2. The molecule has 0 spiro atoms. The van der Waals surface area contributed by atoms with Gasteiger partial charge in [-0.3, -0.25) is 4.98 Å². The fourth-order valence-corrected chi connectivity index (χ4v) is 2.13. The summed E-state index contributed by atoms with van der Waals surface area (Å²) in [5, 5.41) is 0. The molecule has 15 heavy (non-hydrogen) atoms. The lowest BCUT2D eigenvalue weighted by molar-refractivity contribution is 0.211. The van der Waals surface area contributed by atoms with E-state index in [-0.39, 0.29) is 0 Å². The Labute approximate surface area is 91.3 Å². The quantitative estimate of drug-likeness (QED) is 0.802. The molecule has 1 fully saturated rings. The Morgan fingerprint density at radius 2 is 2.47 bits per heavy atom. The minimum atomic E-state index is 0.382. The number of likely N-dealkylation sites (tertiary alicyclic amines) is 1. The third-order valence-electron chi connectivity index (χ3n) is 2.98. The summed E-state index contributed by atoms with van der Waals surface area (Å²) in [5.41, 5.74) is 7.26. The van der Waals surface area contributed by atoms with E-state index in [1.807, 2.05) is 18.5 Å². The molecular formula is C12H19N3. The maximum atomic E-state index is 5.94. The van der Waals surface area contributed by atoms with Gasteiger partial charge in [-0.05, 0) is 37.4 Å². The Kier molecular flexibility index (Phi) is 3.69. The van der Waals surface area contributed by atoms with E-state index in [1.165, 1.54) is 24.9 Å². The normalized spacial score (nSPS) is 22.9. The summed E-state index contributed by atoms with van der Waals surface area (Å²) in [7, 11) is 0. The lowest BCUT2D eigenvalue weighted by Crippen LogP contribution is -2.43. The zero-order chi connectivity index (χ0) is 10.5. The molecule has 2 N–H and O–H groups in total. The molecule has 0 saturated carbocycles. The molecule has 2 rings (SSSR count). The molecule has 2 heterocycles. The smallest absolute Gasteiger partial charge is 0.0300 e. The first kappa shape index (κ1) is 10.6. The molecule has 3 heteroatoms. The molecule has 0 amide bonds. The van der Waals surface area contributed by atoms with E-state index < -0.39 is 0 Å². The third-order valence-corrected chi connectivity index (χ3v) is 2.98. The van der Waals surface area contributed by atoms with Crippen molar-refractivity contribution in [2.24, 2.45) is 5.73 Å². The fraction of sp³-hybridized carbons (Fsp3) is 0.583. The van der Waals surface area contributed by atoms with Crippen LogP contribution >= 0.6 is 0 Å². The lowest BCUT2D eigenvalue weighted by Gasteiger charge is -2.30. The van der Waals surface area contributed by atoms with Gasteiger partial charge in [0.1, 0.15) is 0 Å². The first-order valence-corrected chi connectivity index (χ1v) is 5.71. The highest BCUT2D eigenvalue weighted by Gasteiger charge is 2.15. The second kappa shape index (κ2) is 5.24. The SMILES string of the molecule is NC1CCCN(CCc2cccnc2)C1. The van der Waals surface area contributed by atoms with Crippen LogP contribution < -0.4 is 5.73 Å². The van der Waals surface area contributed by atoms with Crippen molar-refractivity contribution >= 4 is 0 Å². The van der Waals surface area contributed by atoms with Gasteiger partial charge in [0.15, 0.2) is 0 Å². The first-order valence-electron chi connectivity index (χ1n) is 5.71. The second-order valence-electron chi connectivity index (χ2n) is 4.31. The first-order chi connectivity index (χ1) is 7.34. The van der Waals surface area contributed by atoms with Gasteiger partial charge in [-0.15, -0.1) is 0 Å². The number of hydrogen-bond acceptors (Lipinski definition) is 3. The summed E-state index contributed by atoms with van der Waals surface area (Å²) in [5.74, 6) is 0. The van der Waals surface area contributed by atoms with E-state index in [4.69, 9.17) is 5.73 Å². The Balaban J connectivity index is 1.78. The summed E-state index contributed by atoms with van der Waals surface area (Å²) in [6.45, 7) is 3.37. The van der Waals surface area contributed by atoms with E-state index >= 15 is 0 Å². The van der Waals surface area contributed by atoms with Gasteiger partial charge in [0.2, 0.25) is 0 Å². The van der Waals surface area contributed by atoms with Crippen molar-refractivity contribution in [3.8, 4) is 0 Å². The van der Waals surface area contributed by atoms with Crippen LogP contribution in [-0.2, 0) is 6.42 Å². The van der Waals surface area contributed by atoms with Crippen LogP contribution in [0.15, 0.2) is 24.5 Å². The molecule has 1 saturated heterocycles. The van der Waals surface area contributed by atoms with E-state index in [2.05, 4.69) is 16.0 Å². The molecule has 3 nitrogen and oxygen atoms in total. The minimum Gasteiger partial charge on any atom is -0.327 e. The van der Waals surface area contributed by atoms with Crippen molar-refractivity contribution in [1.82, 2.24) is 9.88 Å². The Hall–Kier alpha value is -0.930. The Bertz CT molecular complexity index is 286. The van der Waals surface area contributed by atoms with Crippen molar-refractivity contribution in [3.63, 3.8) is 0 Å². The van der Waals surface area contributed by atoms with Gasteiger partial charge in [-0.1, -0.05) is 6.07 Å². The number of rotatable bonds is 3. The highest BCUT2D eigenvalue weighted by molar-refractivity contribution is 5.08. The molecule has 1 unspecified atom stereocenters. The van der Waals surface area contributed by atoms with Crippen LogP contribution in [0.25, 0.3) is 0 Å². The van der Waals surface area contributed by atoms with Crippen LogP contribution in [0.1, 0.15) is 18.4 Å². The van der Waals surface area contributed by atoms with E-state index in [0.717, 1.165) is 19.5 Å². The molecule has 0 radical (unpaired) electrons. The summed E-state index contributed by atoms with van der Waals surface area (Å²) >= 11 is 0. The predicted octanol–water partition coefficient (Wildman–Crippen LogP) is 1.05. The lowest BCUT2D eigenvalue weighted by atomic mass is 10.1. The zero-order valence-corrected chi connectivity index (χ0v) is 9.10. The van der Waals surface area contributed by atoms with E-state index in [9.17, 15) is 0 Å². The number of hydrogen-bond donors (Lipinski definition) is 1. The monoisotopic (exact) mass is 205 g/mol. The average Bonchev–Trinajstić information content (AvgIpc) is 2.28. The maximum absolute atomic E-state index is 5.94. The van der Waals surface area contributed by atoms with Gasteiger partial charge in [0, 0.05) is 31.5 Å². The molecule has 1 aromatic heterocycles. The topological polar surface area (TPSA) is 42.1 Å². The van der Waals surface area contributed by atoms with Crippen LogP contribution in [-0.4, -0.2) is 35.6 Å². The van der Waals surface area contributed by atoms with Crippen LogP contribution in [0.3, 0.4) is 0 Å². The molecule has 1 atom stereocenters. The van der Waals surface area contributed by atoms with Crippen molar-refractivity contribution < 1.29 is 0 Å². The van der Waals surface area contributed by atoms with Crippen LogP contribution in [0.5, 0.6) is 0 Å². The molecule has 0 aliphatic carbocycles. The van der Waals surface area contributed by atoms with Crippen LogP contribution in [0.2, 0.25) is 0 Å². The fourth-order valence-electron chi connectivity index (χ4n) is 2.13. The molecule has 1 aliphatic rings. The summed E-state index contributed by atoms with van der Waals surface area (Å²) in [6, 6.07) is 4.52. The van der Waals surface area contributed by atoms with Gasteiger partial charge in [-0.25, -0.2) is 0 Å². The van der Waals surface area contributed by atoms with Crippen molar-refractivity contribution in [2.45, 2.75) is 25.3 Å².